The summed E-state index contributed by atoms with van der Waals surface area (Å²) in [6, 6.07) is 0. The van der Waals surface area contributed by atoms with Gasteiger partial charge in [0.15, 0.2) is 0 Å². The van der Waals surface area contributed by atoms with Crippen LogP contribution in [0.5, 0.6) is 0 Å². The summed E-state index contributed by atoms with van der Waals surface area (Å²) in [6.07, 6.45) is 7.83. The molecule has 0 aromatic carbocycles. The fourth-order valence-electron chi connectivity index (χ4n) is 4.77. The third kappa shape index (κ3) is 1.81. The summed E-state index contributed by atoms with van der Waals surface area (Å²) in [5.74, 6) is 2.60. The van der Waals surface area contributed by atoms with Gasteiger partial charge in [-0.3, -0.25) is 8.63 Å². The Bertz CT molecular complexity index is 222. The molecule has 0 spiro atoms. The van der Waals surface area contributed by atoms with Crippen LogP contribution in [0.25, 0.3) is 0 Å². The average Bonchev–Trinajstić information content (AvgIpc) is 2.12. The van der Waals surface area contributed by atoms with Gasteiger partial charge in [-0.05, 0) is 37.0 Å². The van der Waals surface area contributed by atoms with Crippen molar-refractivity contribution >= 4 is 7.27 Å². The van der Waals surface area contributed by atoms with Crippen molar-refractivity contribution in [1.29, 1.82) is 0 Å². The fourth-order valence-corrected chi connectivity index (χ4v) is 4.77. The summed E-state index contributed by atoms with van der Waals surface area (Å²) in [4.78, 5) is 0. The first kappa shape index (κ1) is 10.1. The normalized spacial score (nSPS) is 47.2. The van der Waals surface area contributed by atoms with Gasteiger partial charge in [0.05, 0.1) is 5.54 Å². The van der Waals surface area contributed by atoms with Crippen molar-refractivity contribution < 1.29 is 13.9 Å². The number of hydrogen-bond donors (Lipinski definition) is 1. The Morgan fingerprint density at radius 1 is 1.00 bits per heavy atom. The molecular weight excluding hydrogens is 195 g/mol. The number of quaternary nitrogens is 1. The molecule has 4 heteroatoms. The van der Waals surface area contributed by atoms with Crippen LogP contribution in [0, 0.1) is 17.8 Å². The molecule has 1 nitrogen and oxygen atoms in total. The van der Waals surface area contributed by atoms with Crippen LogP contribution in [0.1, 0.15) is 38.5 Å². The van der Waals surface area contributed by atoms with Crippen molar-refractivity contribution in [2.75, 3.05) is 6.44 Å². The van der Waals surface area contributed by atoms with Crippen LogP contribution in [0.4, 0.5) is 8.63 Å². The second kappa shape index (κ2) is 3.44. The largest absolute Gasteiger partial charge is 0.592 e. The Kier molecular flexibility index (Phi) is 2.31. The van der Waals surface area contributed by atoms with Crippen LogP contribution in [-0.4, -0.2) is 19.2 Å². The van der Waals surface area contributed by atoms with Crippen molar-refractivity contribution in [2.45, 2.75) is 44.1 Å². The maximum absolute atomic E-state index is 12.3. The van der Waals surface area contributed by atoms with Crippen molar-refractivity contribution in [2.24, 2.45) is 17.8 Å². The van der Waals surface area contributed by atoms with Gasteiger partial charge in [0.25, 0.3) is 0 Å². The van der Waals surface area contributed by atoms with Gasteiger partial charge in [-0.1, -0.05) is 0 Å². The second-order valence-electron chi connectivity index (χ2n) is 6.11. The molecule has 4 aliphatic rings. The molecule has 0 heterocycles. The van der Waals surface area contributed by atoms with E-state index in [1.54, 1.807) is 0 Å². The monoisotopic (exact) mass is 214 g/mol. The SMILES string of the molecule is FB(F)C[NH2+]C12CC3CC(CC(C3)C1)C2. The molecule has 84 valence electrons. The molecule has 0 aliphatic heterocycles. The Hall–Kier alpha value is -0.115. The van der Waals surface area contributed by atoms with E-state index in [9.17, 15) is 8.63 Å². The summed E-state index contributed by atoms with van der Waals surface area (Å²) >= 11 is 0. The lowest BCUT2D eigenvalue weighted by atomic mass is 9.53. The molecule has 4 aliphatic carbocycles. The van der Waals surface area contributed by atoms with Gasteiger partial charge in [-0.15, -0.1) is 0 Å². The van der Waals surface area contributed by atoms with Crippen LogP contribution < -0.4 is 5.32 Å². The van der Waals surface area contributed by atoms with Gasteiger partial charge in [-0.2, -0.15) is 0 Å². The molecular formula is C11H19BF2N+. The van der Waals surface area contributed by atoms with Gasteiger partial charge in [0.2, 0.25) is 0 Å². The Morgan fingerprint density at radius 2 is 1.47 bits per heavy atom. The molecule has 4 fully saturated rings. The van der Waals surface area contributed by atoms with Crippen molar-refractivity contribution in [3.8, 4) is 0 Å². The van der Waals surface area contributed by atoms with Crippen LogP contribution in [-0.2, 0) is 0 Å². The van der Waals surface area contributed by atoms with E-state index in [1.807, 2.05) is 5.32 Å². The topological polar surface area (TPSA) is 16.6 Å². The first-order valence-corrected chi connectivity index (χ1v) is 6.28. The van der Waals surface area contributed by atoms with E-state index < -0.39 is 7.27 Å². The van der Waals surface area contributed by atoms with E-state index in [0.717, 1.165) is 17.8 Å². The van der Waals surface area contributed by atoms with E-state index >= 15 is 0 Å². The molecule has 4 bridgehead atoms. The molecule has 15 heavy (non-hydrogen) atoms. The maximum Gasteiger partial charge on any atom is 0.592 e. The highest BCUT2D eigenvalue weighted by atomic mass is 19.2. The number of halogens is 2. The Labute approximate surface area is 90.2 Å². The second-order valence-corrected chi connectivity index (χ2v) is 6.11. The zero-order valence-corrected chi connectivity index (χ0v) is 9.09. The summed E-state index contributed by atoms with van der Waals surface area (Å²) in [7, 11) is -2.14. The highest BCUT2D eigenvalue weighted by molar-refractivity contribution is 6.42. The zero-order valence-electron chi connectivity index (χ0n) is 9.09. The predicted molar refractivity (Wildman–Crippen MR) is 55.7 cm³/mol. The third-order valence-electron chi connectivity index (χ3n) is 4.81. The minimum atomic E-state index is -2.14. The molecule has 0 unspecified atom stereocenters. The van der Waals surface area contributed by atoms with Gasteiger partial charge in [-0.25, -0.2) is 0 Å². The molecule has 0 radical (unpaired) electrons. The molecule has 0 atom stereocenters. The van der Waals surface area contributed by atoms with Crippen LogP contribution in [0.15, 0.2) is 0 Å². The Morgan fingerprint density at radius 3 is 1.87 bits per heavy atom. The van der Waals surface area contributed by atoms with E-state index in [4.69, 9.17) is 0 Å². The summed E-state index contributed by atoms with van der Waals surface area (Å²) < 4.78 is 24.6. The van der Waals surface area contributed by atoms with Crippen LogP contribution in [0.2, 0.25) is 0 Å². The minimum Gasteiger partial charge on any atom is -0.343 e. The summed E-state index contributed by atoms with van der Waals surface area (Å²) in [5, 5.41) is 1.99. The standard InChI is InChI=1S/C11H18BF2N/c13-12(14)7-15-11-4-8-1-9(5-11)3-10(2-8)6-11/h8-10,15H,1-7H2/p+1. The van der Waals surface area contributed by atoms with Crippen LogP contribution >= 0.6 is 0 Å². The number of nitrogens with two attached hydrogens (primary N) is 1. The third-order valence-corrected chi connectivity index (χ3v) is 4.81. The Balaban J connectivity index is 1.70. The average molecular weight is 214 g/mol. The molecule has 0 aromatic heterocycles. The first-order valence-electron chi connectivity index (χ1n) is 6.28. The van der Waals surface area contributed by atoms with Gasteiger partial charge < -0.3 is 5.32 Å². The van der Waals surface area contributed by atoms with Gasteiger partial charge in [0, 0.05) is 19.3 Å². The van der Waals surface area contributed by atoms with Crippen molar-refractivity contribution in [1.82, 2.24) is 0 Å². The lowest BCUT2D eigenvalue weighted by Crippen LogP contribution is -3.00. The minimum absolute atomic E-state index is 0.0200. The van der Waals surface area contributed by atoms with Crippen LogP contribution in [0.3, 0.4) is 0 Å². The van der Waals surface area contributed by atoms with Gasteiger partial charge >= 0.3 is 7.27 Å². The lowest BCUT2D eigenvalue weighted by molar-refractivity contribution is -0.728. The highest BCUT2D eigenvalue weighted by Gasteiger charge is 2.53. The van der Waals surface area contributed by atoms with Gasteiger partial charge in [0.1, 0.15) is 6.44 Å². The molecule has 0 amide bonds. The molecule has 4 saturated carbocycles. The molecule has 0 aromatic rings. The number of hydrogen-bond acceptors (Lipinski definition) is 0. The van der Waals surface area contributed by atoms with E-state index in [0.29, 0.717) is 0 Å². The fraction of sp³-hybridized carbons (Fsp3) is 1.00. The van der Waals surface area contributed by atoms with Crippen molar-refractivity contribution in [3.63, 3.8) is 0 Å². The predicted octanol–water partition coefficient (Wildman–Crippen LogP) is 1.48. The molecule has 2 N–H and O–H groups in total. The van der Waals surface area contributed by atoms with E-state index in [2.05, 4.69) is 0 Å². The highest BCUT2D eigenvalue weighted by Crippen LogP contribution is 2.54. The lowest BCUT2D eigenvalue weighted by Gasteiger charge is -2.54. The molecule has 4 rings (SSSR count). The summed E-state index contributed by atoms with van der Waals surface area (Å²) in [6.45, 7) is 0. The van der Waals surface area contributed by atoms with Crippen molar-refractivity contribution in [3.05, 3.63) is 0 Å². The number of rotatable bonds is 3. The summed E-state index contributed by atoms with van der Waals surface area (Å²) in [5.41, 5.74) is 0.227. The first-order chi connectivity index (χ1) is 7.15. The zero-order chi connectivity index (χ0) is 10.5. The van der Waals surface area contributed by atoms with E-state index in [1.165, 1.54) is 38.5 Å². The smallest absolute Gasteiger partial charge is 0.343 e. The maximum atomic E-state index is 12.3. The quantitative estimate of drug-likeness (QED) is 0.685. The molecule has 0 saturated heterocycles. The van der Waals surface area contributed by atoms with E-state index in [-0.39, 0.29) is 12.0 Å².